The molecule has 0 atom stereocenters. The van der Waals surface area contributed by atoms with Gasteiger partial charge in [0.2, 0.25) is 0 Å². The smallest absolute Gasteiger partial charge is 0.183 e. The molecule has 3 aromatic rings. The molecule has 0 aliphatic rings. The molecule has 2 heterocycles. The van der Waals surface area contributed by atoms with E-state index in [9.17, 15) is 0 Å². The Balaban J connectivity index is 2.12. The Kier molecular flexibility index (Phi) is 3.20. The highest BCUT2D eigenvalue weighted by molar-refractivity contribution is 5.92. The molecule has 0 bridgehead atoms. The maximum absolute atomic E-state index is 5.10. The molecule has 0 aliphatic carbocycles. The van der Waals surface area contributed by atoms with E-state index in [2.05, 4.69) is 21.2 Å². The summed E-state index contributed by atoms with van der Waals surface area (Å²) in [6, 6.07) is 10.1. The van der Waals surface area contributed by atoms with E-state index in [0.29, 0.717) is 13.2 Å². The van der Waals surface area contributed by atoms with Gasteiger partial charge < -0.3 is 9.30 Å². The fraction of sp³-hybridized carbons (Fsp3) is 0.214. The lowest BCUT2D eigenvalue weighted by atomic mass is 10.1. The van der Waals surface area contributed by atoms with Crippen LogP contribution in [-0.4, -0.2) is 33.5 Å². The average molecular weight is 254 g/mol. The van der Waals surface area contributed by atoms with Gasteiger partial charge >= 0.3 is 0 Å². The number of nitrogens with zero attached hydrogens (tertiary/aromatic N) is 4. The van der Waals surface area contributed by atoms with Crippen molar-refractivity contribution >= 4 is 10.8 Å². The normalized spacial score (nSPS) is 11.0. The molecule has 0 N–H and O–H groups in total. The van der Waals surface area contributed by atoms with Gasteiger partial charge in [0.05, 0.1) is 6.61 Å². The van der Waals surface area contributed by atoms with Gasteiger partial charge in [0.15, 0.2) is 5.82 Å². The topological polar surface area (TPSA) is 52.8 Å². The Hall–Kier alpha value is -2.27. The number of rotatable bonds is 4. The molecule has 0 unspecified atom stereocenters. The second-order valence-electron chi connectivity index (χ2n) is 4.22. The van der Waals surface area contributed by atoms with Crippen molar-refractivity contribution in [3.63, 3.8) is 0 Å². The van der Waals surface area contributed by atoms with Crippen LogP contribution in [0, 0.1) is 0 Å². The number of ether oxygens (including phenoxy) is 1. The zero-order valence-corrected chi connectivity index (χ0v) is 10.7. The molecular weight excluding hydrogens is 240 g/mol. The molecule has 2 aromatic heterocycles. The van der Waals surface area contributed by atoms with Crippen LogP contribution in [-0.2, 0) is 11.3 Å². The summed E-state index contributed by atoms with van der Waals surface area (Å²) in [6.45, 7) is 1.33. The molecule has 0 fully saturated rings. The zero-order chi connectivity index (χ0) is 13.1. The Morgan fingerprint density at radius 1 is 1.21 bits per heavy atom. The van der Waals surface area contributed by atoms with Gasteiger partial charge in [0.1, 0.15) is 12.0 Å². The molecule has 0 spiro atoms. The summed E-state index contributed by atoms with van der Waals surface area (Å²) in [5, 5.41) is 10.4. The third-order valence-corrected chi connectivity index (χ3v) is 3.04. The molecule has 1 aromatic carbocycles. The standard InChI is InChI=1S/C14H14N4O/c1-19-9-8-18-10-16-17-14(18)13-12-5-3-2-4-11(12)6-7-15-13/h2-7,10H,8-9H2,1H3. The largest absolute Gasteiger partial charge is 0.383 e. The number of aromatic nitrogens is 4. The third-order valence-electron chi connectivity index (χ3n) is 3.04. The summed E-state index contributed by atoms with van der Waals surface area (Å²) in [7, 11) is 1.68. The van der Waals surface area contributed by atoms with Crippen LogP contribution < -0.4 is 0 Å². The Labute approximate surface area is 110 Å². The SMILES string of the molecule is COCCn1cnnc1-c1nccc2ccccc12. The van der Waals surface area contributed by atoms with E-state index in [1.165, 1.54) is 0 Å². The van der Waals surface area contributed by atoms with Crippen LogP contribution in [0.25, 0.3) is 22.3 Å². The summed E-state index contributed by atoms with van der Waals surface area (Å²) >= 11 is 0. The lowest BCUT2D eigenvalue weighted by molar-refractivity contribution is 0.187. The molecular formula is C14H14N4O. The minimum atomic E-state index is 0.621. The van der Waals surface area contributed by atoms with Crippen molar-refractivity contribution in [1.29, 1.82) is 0 Å². The molecule has 0 saturated heterocycles. The van der Waals surface area contributed by atoms with Gasteiger partial charge in [-0.05, 0) is 11.5 Å². The van der Waals surface area contributed by atoms with Gasteiger partial charge in [-0.3, -0.25) is 4.98 Å². The lowest BCUT2D eigenvalue weighted by Gasteiger charge is -2.07. The molecule has 3 rings (SSSR count). The van der Waals surface area contributed by atoms with Crippen molar-refractivity contribution in [3.05, 3.63) is 42.9 Å². The Morgan fingerprint density at radius 3 is 3.00 bits per heavy atom. The van der Waals surface area contributed by atoms with E-state index in [-0.39, 0.29) is 0 Å². The second kappa shape index (κ2) is 5.16. The van der Waals surface area contributed by atoms with Crippen molar-refractivity contribution in [2.75, 3.05) is 13.7 Å². The number of fused-ring (bicyclic) bond motifs is 1. The van der Waals surface area contributed by atoms with Crippen LogP contribution in [0.5, 0.6) is 0 Å². The zero-order valence-electron chi connectivity index (χ0n) is 10.7. The minimum absolute atomic E-state index is 0.621. The lowest BCUT2D eigenvalue weighted by Crippen LogP contribution is -2.05. The first-order chi connectivity index (χ1) is 9.40. The molecule has 96 valence electrons. The number of hydrogen-bond acceptors (Lipinski definition) is 4. The highest BCUT2D eigenvalue weighted by Gasteiger charge is 2.11. The van der Waals surface area contributed by atoms with Crippen LogP contribution in [0.3, 0.4) is 0 Å². The van der Waals surface area contributed by atoms with Crippen molar-refractivity contribution < 1.29 is 4.74 Å². The first-order valence-electron chi connectivity index (χ1n) is 6.11. The Bertz CT molecular complexity index is 687. The number of benzene rings is 1. The van der Waals surface area contributed by atoms with E-state index >= 15 is 0 Å². The van der Waals surface area contributed by atoms with E-state index in [0.717, 1.165) is 22.3 Å². The summed E-state index contributed by atoms with van der Waals surface area (Å²) < 4.78 is 7.05. The minimum Gasteiger partial charge on any atom is -0.383 e. The van der Waals surface area contributed by atoms with Gasteiger partial charge in [-0.2, -0.15) is 0 Å². The summed E-state index contributed by atoms with van der Waals surface area (Å²) in [5.74, 6) is 0.772. The molecule has 19 heavy (non-hydrogen) atoms. The molecule has 5 heteroatoms. The van der Waals surface area contributed by atoms with Crippen molar-refractivity contribution in [3.8, 4) is 11.5 Å². The van der Waals surface area contributed by atoms with Gasteiger partial charge in [-0.15, -0.1) is 10.2 Å². The van der Waals surface area contributed by atoms with E-state index < -0.39 is 0 Å². The van der Waals surface area contributed by atoms with Crippen molar-refractivity contribution in [1.82, 2.24) is 19.7 Å². The van der Waals surface area contributed by atoms with Crippen molar-refractivity contribution in [2.24, 2.45) is 0 Å². The summed E-state index contributed by atoms with van der Waals surface area (Å²) in [4.78, 5) is 4.45. The maximum Gasteiger partial charge on any atom is 0.183 e. The number of hydrogen-bond donors (Lipinski definition) is 0. The molecule has 0 amide bonds. The van der Waals surface area contributed by atoms with Gasteiger partial charge in [-0.25, -0.2) is 0 Å². The molecule has 5 nitrogen and oxygen atoms in total. The quantitative estimate of drug-likeness (QED) is 0.715. The second-order valence-corrected chi connectivity index (χ2v) is 4.22. The first kappa shape index (κ1) is 11.8. The van der Waals surface area contributed by atoms with Gasteiger partial charge in [0, 0.05) is 25.2 Å². The molecule has 0 aliphatic heterocycles. The highest BCUT2D eigenvalue weighted by Crippen LogP contribution is 2.24. The van der Waals surface area contributed by atoms with Crippen molar-refractivity contribution in [2.45, 2.75) is 6.54 Å². The predicted molar refractivity (Wildman–Crippen MR) is 72.6 cm³/mol. The van der Waals surface area contributed by atoms with Crippen LogP contribution in [0.1, 0.15) is 0 Å². The van der Waals surface area contributed by atoms with Crippen LogP contribution in [0.4, 0.5) is 0 Å². The van der Waals surface area contributed by atoms with E-state index in [1.54, 1.807) is 19.6 Å². The fourth-order valence-electron chi connectivity index (χ4n) is 2.09. The number of methoxy groups -OCH3 is 1. The Morgan fingerprint density at radius 2 is 2.11 bits per heavy atom. The van der Waals surface area contributed by atoms with Crippen LogP contribution in [0.2, 0.25) is 0 Å². The van der Waals surface area contributed by atoms with E-state index in [1.807, 2.05) is 28.8 Å². The fourth-order valence-corrected chi connectivity index (χ4v) is 2.09. The molecule has 0 saturated carbocycles. The maximum atomic E-state index is 5.10. The predicted octanol–water partition coefficient (Wildman–Crippen LogP) is 2.14. The van der Waals surface area contributed by atoms with Gasteiger partial charge in [0.25, 0.3) is 0 Å². The van der Waals surface area contributed by atoms with Crippen LogP contribution >= 0.6 is 0 Å². The van der Waals surface area contributed by atoms with E-state index in [4.69, 9.17) is 4.74 Å². The number of pyridine rings is 1. The highest BCUT2D eigenvalue weighted by atomic mass is 16.5. The summed E-state index contributed by atoms with van der Waals surface area (Å²) in [6.07, 6.45) is 3.50. The van der Waals surface area contributed by atoms with Gasteiger partial charge in [-0.1, -0.05) is 24.3 Å². The molecule has 0 radical (unpaired) electrons. The first-order valence-corrected chi connectivity index (χ1v) is 6.11. The monoisotopic (exact) mass is 254 g/mol. The van der Waals surface area contributed by atoms with Crippen LogP contribution in [0.15, 0.2) is 42.9 Å². The third kappa shape index (κ3) is 2.20. The summed E-state index contributed by atoms with van der Waals surface area (Å²) in [5.41, 5.74) is 0.853. The average Bonchev–Trinajstić information content (AvgIpc) is 2.92.